The van der Waals surface area contributed by atoms with Crippen LogP contribution in [0.1, 0.15) is 19.4 Å². The van der Waals surface area contributed by atoms with E-state index < -0.39 is 5.41 Å². The second-order valence-corrected chi connectivity index (χ2v) is 4.74. The van der Waals surface area contributed by atoms with E-state index >= 15 is 0 Å². The Labute approximate surface area is 108 Å². The van der Waals surface area contributed by atoms with Crippen molar-refractivity contribution in [1.29, 1.82) is 0 Å². The summed E-state index contributed by atoms with van der Waals surface area (Å²) in [5.41, 5.74) is 0.442. The summed E-state index contributed by atoms with van der Waals surface area (Å²) in [5, 5.41) is 0. The van der Waals surface area contributed by atoms with Crippen LogP contribution in [-0.2, 0) is 16.0 Å². The molecule has 1 aromatic carbocycles. The first-order valence-corrected chi connectivity index (χ1v) is 5.74. The first kappa shape index (κ1) is 14.4. The van der Waals surface area contributed by atoms with Gasteiger partial charge in [0.1, 0.15) is 0 Å². The van der Waals surface area contributed by atoms with Crippen LogP contribution in [0.25, 0.3) is 0 Å². The lowest BCUT2D eigenvalue weighted by atomic mass is 9.86. The third-order valence-electron chi connectivity index (χ3n) is 2.83. The molecular weight excluding hydrogens is 232 g/mol. The second-order valence-electron chi connectivity index (χ2n) is 4.74. The van der Waals surface area contributed by atoms with E-state index in [1.54, 1.807) is 14.2 Å². The van der Waals surface area contributed by atoms with Crippen LogP contribution < -0.4 is 9.47 Å². The molecule has 0 heterocycles. The van der Waals surface area contributed by atoms with Crippen molar-refractivity contribution in [3.8, 4) is 11.5 Å². The summed E-state index contributed by atoms with van der Waals surface area (Å²) in [4.78, 5) is 11.6. The molecule has 4 nitrogen and oxygen atoms in total. The van der Waals surface area contributed by atoms with Crippen molar-refractivity contribution in [2.45, 2.75) is 20.3 Å². The van der Waals surface area contributed by atoms with E-state index in [0.717, 1.165) is 5.56 Å². The quantitative estimate of drug-likeness (QED) is 0.755. The van der Waals surface area contributed by atoms with Gasteiger partial charge in [0.25, 0.3) is 0 Å². The molecule has 0 bridgehead atoms. The number of ether oxygens (including phenoxy) is 3. The molecule has 0 atom stereocenters. The molecule has 0 saturated carbocycles. The molecular formula is C14H20O4. The predicted octanol–water partition coefficient (Wildman–Crippen LogP) is 2.45. The monoisotopic (exact) mass is 252 g/mol. The van der Waals surface area contributed by atoms with Gasteiger partial charge in [0.05, 0.1) is 26.7 Å². The average molecular weight is 252 g/mol. The number of hydrogen-bond donors (Lipinski definition) is 0. The van der Waals surface area contributed by atoms with Crippen molar-refractivity contribution in [2.75, 3.05) is 21.3 Å². The molecule has 0 aliphatic rings. The molecule has 100 valence electrons. The third kappa shape index (κ3) is 3.15. The predicted molar refractivity (Wildman–Crippen MR) is 69.0 cm³/mol. The Morgan fingerprint density at radius 1 is 1.11 bits per heavy atom. The van der Waals surface area contributed by atoms with Crippen LogP contribution in [0.5, 0.6) is 11.5 Å². The van der Waals surface area contributed by atoms with Gasteiger partial charge >= 0.3 is 5.97 Å². The van der Waals surface area contributed by atoms with Gasteiger partial charge in [-0.15, -0.1) is 0 Å². The Bertz CT molecular complexity index is 424. The number of esters is 1. The second kappa shape index (κ2) is 5.76. The van der Waals surface area contributed by atoms with Gasteiger partial charge in [-0.1, -0.05) is 6.07 Å². The molecule has 0 fully saturated rings. The van der Waals surface area contributed by atoms with Gasteiger partial charge in [-0.3, -0.25) is 4.79 Å². The van der Waals surface area contributed by atoms with Gasteiger partial charge < -0.3 is 14.2 Å². The maximum absolute atomic E-state index is 11.6. The molecule has 0 spiro atoms. The van der Waals surface area contributed by atoms with E-state index in [-0.39, 0.29) is 5.97 Å². The number of carbonyl (C=O) groups is 1. The van der Waals surface area contributed by atoms with Crippen LogP contribution >= 0.6 is 0 Å². The lowest BCUT2D eigenvalue weighted by molar-refractivity contribution is -0.150. The highest BCUT2D eigenvalue weighted by Crippen LogP contribution is 2.31. The summed E-state index contributed by atoms with van der Waals surface area (Å²) in [6, 6.07) is 5.64. The Morgan fingerprint density at radius 2 is 1.72 bits per heavy atom. The largest absolute Gasteiger partial charge is 0.493 e. The molecule has 0 saturated heterocycles. The van der Waals surface area contributed by atoms with E-state index in [4.69, 9.17) is 14.2 Å². The van der Waals surface area contributed by atoms with Crippen molar-refractivity contribution in [3.05, 3.63) is 23.8 Å². The summed E-state index contributed by atoms with van der Waals surface area (Å²) >= 11 is 0. The van der Waals surface area contributed by atoms with Crippen LogP contribution in [0.3, 0.4) is 0 Å². The number of carbonyl (C=O) groups excluding carboxylic acids is 1. The van der Waals surface area contributed by atoms with E-state index in [9.17, 15) is 4.79 Å². The highest BCUT2D eigenvalue weighted by atomic mass is 16.5. The van der Waals surface area contributed by atoms with Crippen LogP contribution in [0, 0.1) is 5.41 Å². The zero-order valence-electron chi connectivity index (χ0n) is 11.6. The van der Waals surface area contributed by atoms with Crippen molar-refractivity contribution in [2.24, 2.45) is 5.41 Å². The normalized spacial score (nSPS) is 10.9. The highest BCUT2D eigenvalue weighted by Gasteiger charge is 2.29. The van der Waals surface area contributed by atoms with Crippen molar-refractivity contribution >= 4 is 5.97 Å². The summed E-state index contributed by atoms with van der Waals surface area (Å²) in [7, 11) is 4.59. The zero-order chi connectivity index (χ0) is 13.8. The smallest absolute Gasteiger partial charge is 0.311 e. The van der Waals surface area contributed by atoms with Gasteiger partial charge in [0.15, 0.2) is 11.5 Å². The maximum atomic E-state index is 11.6. The number of methoxy groups -OCH3 is 3. The molecule has 0 aliphatic heterocycles. The molecule has 18 heavy (non-hydrogen) atoms. The van der Waals surface area contributed by atoms with Gasteiger partial charge in [-0.25, -0.2) is 0 Å². The number of benzene rings is 1. The van der Waals surface area contributed by atoms with Crippen molar-refractivity contribution < 1.29 is 19.0 Å². The minimum absolute atomic E-state index is 0.225. The first-order valence-electron chi connectivity index (χ1n) is 5.74. The van der Waals surface area contributed by atoms with Gasteiger partial charge in [0, 0.05) is 0 Å². The minimum Gasteiger partial charge on any atom is -0.493 e. The standard InChI is InChI=1S/C14H20O4/c1-14(2,13(15)18-5)9-10-6-7-11(16-3)12(8-10)17-4/h6-8H,9H2,1-5H3. The fraction of sp³-hybridized carbons (Fsp3) is 0.500. The molecule has 0 radical (unpaired) electrons. The molecule has 0 amide bonds. The molecule has 1 aromatic rings. The Kier molecular flexibility index (Phi) is 4.59. The summed E-state index contributed by atoms with van der Waals surface area (Å²) in [6.45, 7) is 3.71. The summed E-state index contributed by atoms with van der Waals surface area (Å²) < 4.78 is 15.2. The molecule has 0 aromatic heterocycles. The fourth-order valence-electron chi connectivity index (χ4n) is 1.85. The topological polar surface area (TPSA) is 44.8 Å². The zero-order valence-corrected chi connectivity index (χ0v) is 11.6. The Morgan fingerprint density at radius 3 is 2.22 bits per heavy atom. The number of rotatable bonds is 5. The SMILES string of the molecule is COC(=O)C(C)(C)Cc1ccc(OC)c(OC)c1. The lowest BCUT2D eigenvalue weighted by Crippen LogP contribution is -2.27. The van der Waals surface area contributed by atoms with Gasteiger partial charge in [-0.2, -0.15) is 0 Å². The van der Waals surface area contributed by atoms with Gasteiger partial charge in [-0.05, 0) is 38.0 Å². The average Bonchev–Trinajstić information content (AvgIpc) is 2.36. The van der Waals surface area contributed by atoms with E-state index in [0.29, 0.717) is 17.9 Å². The molecule has 0 aliphatic carbocycles. The van der Waals surface area contributed by atoms with Crippen molar-refractivity contribution in [3.63, 3.8) is 0 Å². The molecule has 1 rings (SSSR count). The summed E-state index contributed by atoms with van der Waals surface area (Å²) in [5.74, 6) is 1.12. The first-order chi connectivity index (χ1) is 8.44. The molecule has 0 unspecified atom stereocenters. The summed E-state index contributed by atoms with van der Waals surface area (Å²) in [6.07, 6.45) is 0.583. The third-order valence-corrected chi connectivity index (χ3v) is 2.83. The highest BCUT2D eigenvalue weighted by molar-refractivity contribution is 5.76. The molecule has 4 heteroatoms. The minimum atomic E-state index is -0.561. The van der Waals surface area contributed by atoms with Gasteiger partial charge in [0.2, 0.25) is 0 Å². The van der Waals surface area contributed by atoms with Crippen LogP contribution in [0.4, 0.5) is 0 Å². The fourth-order valence-corrected chi connectivity index (χ4v) is 1.85. The van der Waals surface area contributed by atoms with E-state index in [1.165, 1.54) is 7.11 Å². The van der Waals surface area contributed by atoms with Crippen LogP contribution in [0.15, 0.2) is 18.2 Å². The Balaban J connectivity index is 2.95. The van der Waals surface area contributed by atoms with E-state index in [1.807, 2.05) is 32.0 Å². The number of hydrogen-bond acceptors (Lipinski definition) is 4. The Hall–Kier alpha value is -1.71. The lowest BCUT2D eigenvalue weighted by Gasteiger charge is -2.21. The van der Waals surface area contributed by atoms with E-state index in [2.05, 4.69) is 0 Å². The maximum Gasteiger partial charge on any atom is 0.311 e. The van der Waals surface area contributed by atoms with Crippen molar-refractivity contribution in [1.82, 2.24) is 0 Å². The molecule has 0 N–H and O–H groups in total. The van der Waals surface area contributed by atoms with Crippen LogP contribution in [0.2, 0.25) is 0 Å². The van der Waals surface area contributed by atoms with Crippen LogP contribution in [-0.4, -0.2) is 27.3 Å².